The third-order valence-corrected chi connectivity index (χ3v) is 8.14. The van der Waals surface area contributed by atoms with Crippen LogP contribution >= 0.6 is 0 Å². The van der Waals surface area contributed by atoms with Crippen LogP contribution in [0.3, 0.4) is 0 Å². The van der Waals surface area contributed by atoms with Gasteiger partial charge in [0.1, 0.15) is 0 Å². The summed E-state index contributed by atoms with van der Waals surface area (Å²) < 4.78 is 0. The second kappa shape index (κ2) is 9.72. The van der Waals surface area contributed by atoms with Crippen LogP contribution < -0.4 is 0 Å². The molecule has 1 saturated carbocycles. The molecule has 2 unspecified atom stereocenters. The van der Waals surface area contributed by atoms with Gasteiger partial charge in [0, 0.05) is 0 Å². The molecule has 2 atom stereocenters. The number of fused-ring (bicyclic) bond motifs is 1. The number of hydrogen-bond acceptors (Lipinski definition) is 0. The standard InChI is InChI=1S/C33H40/c1-8-29-18-28(17-23(4)25(29)6)16-22(3)9-11-27-12-13-30-20-33(26(7)32(30)19-27)31-14-10-21(2)15-24(31)5/h12-13,17-19,31,33H,2-3,5,7-11,14-16,20H2,1,4,6H3. The molecule has 0 radical (unpaired) electrons. The molecule has 0 nitrogen and oxygen atoms in total. The largest absolute Gasteiger partial charge is 0.0995 e. The molecular weight excluding hydrogens is 396 g/mol. The van der Waals surface area contributed by atoms with Crippen molar-refractivity contribution in [1.29, 1.82) is 0 Å². The normalized spacial score (nSPS) is 20.3. The minimum Gasteiger partial charge on any atom is -0.0995 e. The van der Waals surface area contributed by atoms with Crippen molar-refractivity contribution in [2.75, 3.05) is 0 Å². The molecule has 0 aromatic heterocycles. The van der Waals surface area contributed by atoms with Gasteiger partial charge < -0.3 is 0 Å². The van der Waals surface area contributed by atoms with Gasteiger partial charge in [-0.05, 0) is 122 Å². The Morgan fingerprint density at radius 1 is 1.00 bits per heavy atom. The van der Waals surface area contributed by atoms with Crippen molar-refractivity contribution >= 4 is 5.57 Å². The number of hydrogen-bond donors (Lipinski definition) is 0. The van der Waals surface area contributed by atoms with Crippen molar-refractivity contribution in [2.45, 2.75) is 72.1 Å². The Hall–Kier alpha value is -2.60. The first kappa shape index (κ1) is 23.6. The van der Waals surface area contributed by atoms with Gasteiger partial charge >= 0.3 is 0 Å². The van der Waals surface area contributed by atoms with E-state index in [0.29, 0.717) is 11.8 Å². The van der Waals surface area contributed by atoms with Crippen molar-refractivity contribution in [3.63, 3.8) is 0 Å². The smallest absolute Gasteiger partial charge is 0.00554 e. The highest BCUT2D eigenvalue weighted by Gasteiger charge is 2.34. The van der Waals surface area contributed by atoms with E-state index in [-0.39, 0.29) is 0 Å². The molecule has 1 fully saturated rings. The van der Waals surface area contributed by atoms with E-state index in [9.17, 15) is 0 Å². The van der Waals surface area contributed by atoms with E-state index in [4.69, 9.17) is 0 Å². The first-order valence-electron chi connectivity index (χ1n) is 12.7. The zero-order valence-electron chi connectivity index (χ0n) is 21.0. The molecule has 0 saturated heterocycles. The minimum atomic E-state index is 0.517. The lowest BCUT2D eigenvalue weighted by Gasteiger charge is -2.31. The minimum absolute atomic E-state index is 0.517. The quantitative estimate of drug-likeness (QED) is 0.381. The van der Waals surface area contributed by atoms with E-state index in [1.807, 2.05) is 0 Å². The van der Waals surface area contributed by atoms with Crippen LogP contribution in [0.4, 0.5) is 0 Å². The maximum Gasteiger partial charge on any atom is -0.00554 e. The van der Waals surface area contributed by atoms with Gasteiger partial charge in [0.05, 0.1) is 0 Å². The Morgan fingerprint density at radius 2 is 1.79 bits per heavy atom. The van der Waals surface area contributed by atoms with Crippen LogP contribution in [-0.2, 0) is 25.7 Å². The monoisotopic (exact) mass is 436 g/mol. The zero-order valence-corrected chi connectivity index (χ0v) is 21.0. The van der Waals surface area contributed by atoms with E-state index in [2.05, 4.69) is 77.4 Å². The molecule has 172 valence electrons. The van der Waals surface area contributed by atoms with Gasteiger partial charge in [-0.15, -0.1) is 0 Å². The lowest BCUT2D eigenvalue weighted by atomic mass is 9.73. The van der Waals surface area contributed by atoms with Crippen LogP contribution in [-0.4, -0.2) is 0 Å². The first-order chi connectivity index (χ1) is 15.8. The van der Waals surface area contributed by atoms with Crippen LogP contribution in [0.2, 0.25) is 0 Å². The Balaban J connectivity index is 1.39. The molecule has 0 bridgehead atoms. The van der Waals surface area contributed by atoms with Crippen LogP contribution in [0.25, 0.3) is 5.57 Å². The van der Waals surface area contributed by atoms with Gasteiger partial charge in [-0.3, -0.25) is 0 Å². The fraction of sp³-hybridized carbons (Fsp3) is 0.394. The maximum absolute atomic E-state index is 4.55. The molecule has 0 heterocycles. The summed E-state index contributed by atoms with van der Waals surface area (Å²) in [5.41, 5.74) is 15.3. The molecule has 0 spiro atoms. The number of benzene rings is 2. The number of aryl methyl sites for hydroxylation is 3. The summed E-state index contributed by atoms with van der Waals surface area (Å²) in [6, 6.07) is 11.8. The Kier molecular flexibility index (Phi) is 6.94. The van der Waals surface area contributed by atoms with Crippen molar-refractivity contribution in [3.05, 3.63) is 112 Å². The summed E-state index contributed by atoms with van der Waals surface area (Å²) in [6.45, 7) is 24.2. The molecule has 0 heteroatoms. The molecule has 33 heavy (non-hydrogen) atoms. The van der Waals surface area contributed by atoms with Crippen molar-refractivity contribution in [2.24, 2.45) is 11.8 Å². The van der Waals surface area contributed by atoms with Crippen molar-refractivity contribution in [3.8, 4) is 0 Å². The summed E-state index contributed by atoms with van der Waals surface area (Å²) in [5, 5.41) is 0. The van der Waals surface area contributed by atoms with E-state index in [1.165, 1.54) is 67.7 Å². The van der Waals surface area contributed by atoms with Crippen molar-refractivity contribution in [1.82, 2.24) is 0 Å². The summed E-state index contributed by atoms with van der Waals surface area (Å²) >= 11 is 0. The molecule has 0 N–H and O–H groups in total. The zero-order chi connectivity index (χ0) is 23.7. The highest BCUT2D eigenvalue weighted by molar-refractivity contribution is 5.74. The Bertz CT molecular complexity index is 1120. The average molecular weight is 437 g/mol. The molecule has 2 aliphatic rings. The molecule has 0 amide bonds. The lowest BCUT2D eigenvalue weighted by Crippen LogP contribution is -2.20. The summed E-state index contributed by atoms with van der Waals surface area (Å²) in [4.78, 5) is 0. The predicted octanol–water partition coefficient (Wildman–Crippen LogP) is 8.70. The van der Waals surface area contributed by atoms with E-state index in [1.54, 1.807) is 0 Å². The molecule has 2 aromatic rings. The van der Waals surface area contributed by atoms with E-state index in [0.717, 1.165) is 44.9 Å². The second-order valence-electron chi connectivity index (χ2n) is 10.5. The first-order valence-corrected chi connectivity index (χ1v) is 12.7. The van der Waals surface area contributed by atoms with Crippen LogP contribution in [0, 0.1) is 25.7 Å². The van der Waals surface area contributed by atoms with Gasteiger partial charge in [0.2, 0.25) is 0 Å². The molecule has 2 aliphatic carbocycles. The van der Waals surface area contributed by atoms with Crippen LogP contribution in [0.15, 0.2) is 73.4 Å². The number of allylic oxidation sites excluding steroid dienone is 4. The SMILES string of the molecule is C=C1CCC(C2Cc3ccc(CCC(=C)Cc4cc(C)c(C)c(CC)c4)cc3C2=C)C(=C)C1. The van der Waals surface area contributed by atoms with Gasteiger partial charge in [-0.25, -0.2) is 0 Å². The maximum atomic E-state index is 4.55. The van der Waals surface area contributed by atoms with E-state index >= 15 is 0 Å². The van der Waals surface area contributed by atoms with Gasteiger partial charge in [-0.1, -0.05) is 80.3 Å². The highest BCUT2D eigenvalue weighted by Crippen LogP contribution is 2.47. The van der Waals surface area contributed by atoms with E-state index < -0.39 is 0 Å². The Morgan fingerprint density at radius 3 is 2.52 bits per heavy atom. The summed E-state index contributed by atoms with van der Waals surface area (Å²) in [5.74, 6) is 1.08. The number of rotatable bonds is 7. The fourth-order valence-corrected chi connectivity index (χ4v) is 5.97. The van der Waals surface area contributed by atoms with Crippen LogP contribution in [0.1, 0.15) is 71.6 Å². The third-order valence-electron chi connectivity index (χ3n) is 8.14. The molecule has 4 rings (SSSR count). The summed E-state index contributed by atoms with van der Waals surface area (Å²) in [6.07, 6.45) is 8.58. The Labute approximate surface area is 201 Å². The third kappa shape index (κ3) is 5.01. The average Bonchev–Trinajstić information content (AvgIpc) is 3.10. The second-order valence-corrected chi connectivity index (χ2v) is 10.5. The molecular formula is C33H40. The molecule has 2 aromatic carbocycles. The van der Waals surface area contributed by atoms with Gasteiger partial charge in [-0.2, -0.15) is 0 Å². The lowest BCUT2D eigenvalue weighted by molar-refractivity contribution is 0.414. The summed E-state index contributed by atoms with van der Waals surface area (Å²) in [7, 11) is 0. The topological polar surface area (TPSA) is 0 Å². The fourth-order valence-electron chi connectivity index (χ4n) is 5.97. The van der Waals surface area contributed by atoms with Gasteiger partial charge in [0.15, 0.2) is 0 Å². The van der Waals surface area contributed by atoms with Crippen molar-refractivity contribution < 1.29 is 0 Å². The molecule has 0 aliphatic heterocycles. The van der Waals surface area contributed by atoms with Crippen LogP contribution in [0.5, 0.6) is 0 Å². The highest BCUT2D eigenvalue weighted by atomic mass is 14.4. The van der Waals surface area contributed by atoms with Gasteiger partial charge in [0.25, 0.3) is 0 Å². The predicted molar refractivity (Wildman–Crippen MR) is 145 cm³/mol.